The van der Waals surface area contributed by atoms with Crippen LogP contribution < -0.4 is 0 Å². The van der Waals surface area contributed by atoms with Crippen LogP contribution >= 0.6 is 23.4 Å². The van der Waals surface area contributed by atoms with Crippen molar-refractivity contribution in [3.8, 4) is 11.6 Å². The fourth-order valence-corrected chi connectivity index (χ4v) is 3.77. The van der Waals surface area contributed by atoms with E-state index in [1.807, 2.05) is 6.07 Å². The lowest BCUT2D eigenvalue weighted by molar-refractivity contribution is -0.384. The minimum Gasteiger partial charge on any atom is -0.453 e. The first-order chi connectivity index (χ1) is 13.9. The van der Waals surface area contributed by atoms with E-state index in [1.54, 1.807) is 35.9 Å². The summed E-state index contributed by atoms with van der Waals surface area (Å²) in [5, 5.41) is 21.1. The van der Waals surface area contributed by atoms with E-state index in [0.29, 0.717) is 27.3 Å². The number of carbonyl (C=O) groups is 1. The quantitative estimate of drug-likeness (QED) is 0.188. The summed E-state index contributed by atoms with van der Waals surface area (Å²) < 4.78 is 7.54. The zero-order valence-corrected chi connectivity index (χ0v) is 16.6. The smallest absolute Gasteiger partial charge is 0.270 e. The second-order valence-electron chi connectivity index (χ2n) is 6.18. The molecular formula is C19H13ClN4O4S. The molecule has 0 amide bonds. The Morgan fingerprint density at radius 1 is 1.24 bits per heavy atom. The van der Waals surface area contributed by atoms with E-state index in [4.69, 9.17) is 16.0 Å². The van der Waals surface area contributed by atoms with E-state index in [-0.39, 0.29) is 22.8 Å². The molecule has 0 aliphatic carbocycles. The number of ketones is 1. The van der Waals surface area contributed by atoms with Crippen molar-refractivity contribution in [2.75, 3.05) is 5.75 Å². The molecule has 2 aromatic carbocycles. The molecule has 0 spiro atoms. The molecule has 0 unspecified atom stereocenters. The van der Waals surface area contributed by atoms with Crippen molar-refractivity contribution in [1.29, 1.82) is 0 Å². The van der Waals surface area contributed by atoms with Crippen molar-refractivity contribution in [2.45, 2.75) is 5.16 Å². The highest BCUT2D eigenvalue weighted by Crippen LogP contribution is 2.30. The van der Waals surface area contributed by atoms with Gasteiger partial charge >= 0.3 is 0 Å². The molecule has 4 aromatic rings. The Balaban J connectivity index is 1.52. The highest BCUT2D eigenvalue weighted by molar-refractivity contribution is 7.99. The van der Waals surface area contributed by atoms with Gasteiger partial charge < -0.3 is 8.98 Å². The van der Waals surface area contributed by atoms with E-state index in [9.17, 15) is 14.9 Å². The van der Waals surface area contributed by atoms with E-state index in [1.165, 1.54) is 30.0 Å². The Morgan fingerprint density at radius 3 is 2.86 bits per heavy atom. The number of nitro groups is 1. The van der Waals surface area contributed by atoms with Gasteiger partial charge in [-0.2, -0.15) is 0 Å². The van der Waals surface area contributed by atoms with Crippen LogP contribution in [-0.2, 0) is 7.05 Å². The number of carbonyl (C=O) groups excluding carboxylic acids is 1. The molecule has 2 heterocycles. The maximum Gasteiger partial charge on any atom is 0.270 e. The summed E-state index contributed by atoms with van der Waals surface area (Å²) in [5.74, 6) is 0.890. The molecule has 0 saturated carbocycles. The molecule has 0 fully saturated rings. The van der Waals surface area contributed by atoms with Gasteiger partial charge in [0.1, 0.15) is 5.58 Å². The highest BCUT2D eigenvalue weighted by Gasteiger charge is 2.18. The van der Waals surface area contributed by atoms with Gasteiger partial charge in [-0.1, -0.05) is 35.5 Å². The zero-order valence-electron chi connectivity index (χ0n) is 15.0. The maximum absolute atomic E-state index is 12.4. The van der Waals surface area contributed by atoms with Crippen LogP contribution in [0, 0.1) is 10.1 Å². The number of fused-ring (bicyclic) bond motifs is 1. The number of benzene rings is 2. The Kier molecular flexibility index (Phi) is 5.08. The summed E-state index contributed by atoms with van der Waals surface area (Å²) in [6.45, 7) is 0. The van der Waals surface area contributed by atoms with Gasteiger partial charge in [-0.15, -0.1) is 10.2 Å². The summed E-state index contributed by atoms with van der Waals surface area (Å²) in [6, 6.07) is 12.8. The van der Waals surface area contributed by atoms with Crippen molar-refractivity contribution in [1.82, 2.24) is 14.8 Å². The molecule has 0 aliphatic heterocycles. The Morgan fingerprint density at radius 2 is 2.07 bits per heavy atom. The van der Waals surface area contributed by atoms with Crippen molar-refractivity contribution < 1.29 is 14.1 Å². The molecule has 0 bridgehead atoms. The molecule has 2 aromatic heterocycles. The fraction of sp³-hybridized carbons (Fsp3) is 0.105. The summed E-state index contributed by atoms with van der Waals surface area (Å²) in [5.41, 5.74) is 0.845. The SMILES string of the molecule is Cn1c(SCC(=O)c2cccc([N+](=O)[O-])c2)nnc1-c1cc2cc(Cl)ccc2o1. The molecule has 0 radical (unpaired) electrons. The highest BCUT2D eigenvalue weighted by atomic mass is 35.5. The monoisotopic (exact) mass is 428 g/mol. The number of rotatable bonds is 6. The molecule has 10 heteroatoms. The topological polar surface area (TPSA) is 104 Å². The molecule has 29 heavy (non-hydrogen) atoms. The van der Waals surface area contributed by atoms with Gasteiger partial charge in [-0.3, -0.25) is 14.9 Å². The fourth-order valence-electron chi connectivity index (χ4n) is 2.79. The predicted molar refractivity (Wildman–Crippen MR) is 109 cm³/mol. The summed E-state index contributed by atoms with van der Waals surface area (Å²) in [6.07, 6.45) is 0. The van der Waals surface area contributed by atoms with E-state index < -0.39 is 4.92 Å². The molecule has 0 N–H and O–H groups in total. The molecule has 0 atom stereocenters. The van der Waals surface area contributed by atoms with E-state index in [0.717, 1.165) is 5.39 Å². The maximum atomic E-state index is 12.4. The Labute approximate surface area is 173 Å². The van der Waals surface area contributed by atoms with Gasteiger partial charge in [0.05, 0.1) is 10.7 Å². The van der Waals surface area contributed by atoms with Crippen LogP contribution in [-0.4, -0.2) is 31.2 Å². The van der Waals surface area contributed by atoms with Crippen molar-refractivity contribution in [3.05, 3.63) is 69.2 Å². The second-order valence-corrected chi connectivity index (χ2v) is 7.56. The first-order valence-electron chi connectivity index (χ1n) is 8.41. The van der Waals surface area contributed by atoms with Crippen LogP contribution in [0.2, 0.25) is 5.02 Å². The Bertz CT molecular complexity index is 1250. The van der Waals surface area contributed by atoms with Gasteiger partial charge in [0.25, 0.3) is 5.69 Å². The molecule has 0 saturated heterocycles. The zero-order chi connectivity index (χ0) is 20.5. The molecule has 4 rings (SSSR count). The van der Waals surface area contributed by atoms with Gasteiger partial charge in [-0.25, -0.2) is 0 Å². The minimum atomic E-state index is -0.528. The van der Waals surface area contributed by atoms with Crippen molar-refractivity contribution in [3.63, 3.8) is 0 Å². The number of hydrogen-bond acceptors (Lipinski definition) is 7. The average molecular weight is 429 g/mol. The lowest BCUT2D eigenvalue weighted by atomic mass is 10.1. The standard InChI is InChI=1S/C19H13ClN4O4S/c1-23-18(17-9-12-7-13(20)5-6-16(12)28-17)21-22-19(23)29-10-15(25)11-3-2-4-14(8-11)24(26)27/h2-9H,10H2,1H3. The van der Waals surface area contributed by atoms with Gasteiger partial charge in [0.2, 0.25) is 0 Å². The van der Waals surface area contributed by atoms with Crippen molar-refractivity contribution >= 4 is 45.8 Å². The lowest BCUT2D eigenvalue weighted by Crippen LogP contribution is -2.04. The van der Waals surface area contributed by atoms with Crippen LogP contribution in [0.5, 0.6) is 0 Å². The number of aromatic nitrogens is 3. The first kappa shape index (κ1) is 19.2. The number of hydrogen-bond donors (Lipinski definition) is 0. The number of furan rings is 1. The number of non-ortho nitro benzene ring substituents is 1. The minimum absolute atomic E-state index is 0.0723. The molecule has 0 aliphatic rings. The van der Waals surface area contributed by atoms with Gasteiger partial charge in [-0.05, 0) is 24.3 Å². The van der Waals surface area contributed by atoms with Crippen LogP contribution in [0.3, 0.4) is 0 Å². The normalized spacial score (nSPS) is 11.1. The molecule has 146 valence electrons. The van der Waals surface area contributed by atoms with Crippen LogP contribution in [0.1, 0.15) is 10.4 Å². The number of thioether (sulfide) groups is 1. The van der Waals surface area contributed by atoms with E-state index >= 15 is 0 Å². The van der Waals surface area contributed by atoms with Gasteiger partial charge in [0, 0.05) is 35.2 Å². The summed E-state index contributed by atoms with van der Waals surface area (Å²) >= 11 is 7.21. The third-order valence-corrected chi connectivity index (χ3v) is 5.50. The summed E-state index contributed by atoms with van der Waals surface area (Å²) in [4.78, 5) is 22.7. The van der Waals surface area contributed by atoms with E-state index in [2.05, 4.69) is 10.2 Å². The number of halogens is 1. The number of Topliss-reactive ketones (excluding diaryl/α,β-unsaturated/α-hetero) is 1. The molecule has 8 nitrogen and oxygen atoms in total. The molecular weight excluding hydrogens is 416 g/mol. The first-order valence-corrected chi connectivity index (χ1v) is 9.78. The lowest BCUT2D eigenvalue weighted by Gasteiger charge is -2.02. The predicted octanol–water partition coefficient (Wildman–Crippen LogP) is 4.76. The van der Waals surface area contributed by atoms with Crippen molar-refractivity contribution in [2.24, 2.45) is 7.05 Å². The third-order valence-electron chi connectivity index (χ3n) is 4.24. The van der Waals surface area contributed by atoms with Crippen LogP contribution in [0.25, 0.3) is 22.6 Å². The number of nitro benzene ring substituents is 1. The number of nitrogens with zero attached hydrogens (tertiary/aromatic N) is 4. The largest absolute Gasteiger partial charge is 0.453 e. The van der Waals surface area contributed by atoms with Gasteiger partial charge in [0.15, 0.2) is 22.5 Å². The van der Waals surface area contributed by atoms with Crippen LogP contribution in [0.15, 0.2) is 58.1 Å². The third kappa shape index (κ3) is 3.87. The summed E-state index contributed by atoms with van der Waals surface area (Å²) in [7, 11) is 1.77. The second kappa shape index (κ2) is 7.69. The average Bonchev–Trinajstić information content (AvgIpc) is 3.28. The Hall–Kier alpha value is -3.17. The van der Waals surface area contributed by atoms with Crippen LogP contribution in [0.4, 0.5) is 5.69 Å².